The van der Waals surface area contributed by atoms with Crippen molar-refractivity contribution >= 4 is 23.7 Å². The van der Waals surface area contributed by atoms with Crippen molar-refractivity contribution in [3.8, 4) is 11.4 Å². The van der Waals surface area contributed by atoms with Crippen molar-refractivity contribution in [2.75, 3.05) is 12.4 Å². The Morgan fingerprint density at radius 1 is 1.07 bits per heavy atom. The Kier molecular flexibility index (Phi) is 6.26. The van der Waals surface area contributed by atoms with Crippen LogP contribution in [0.1, 0.15) is 17.0 Å². The molecule has 2 N–H and O–H groups in total. The van der Waals surface area contributed by atoms with Gasteiger partial charge in [0.05, 0.1) is 19.0 Å². The van der Waals surface area contributed by atoms with Crippen LogP contribution in [0.15, 0.2) is 59.7 Å². The summed E-state index contributed by atoms with van der Waals surface area (Å²) in [4.78, 5) is 23.8. The van der Waals surface area contributed by atoms with Gasteiger partial charge in [0.25, 0.3) is 0 Å². The fourth-order valence-electron chi connectivity index (χ4n) is 3.00. The van der Waals surface area contributed by atoms with Crippen LogP contribution in [-0.2, 0) is 9.59 Å². The van der Waals surface area contributed by atoms with E-state index in [0.29, 0.717) is 0 Å². The molecule has 3 rings (SSSR count). The number of hydrogen-bond donors (Lipinski definition) is 2. The fourth-order valence-corrected chi connectivity index (χ4v) is 3.00. The highest BCUT2D eigenvalue weighted by molar-refractivity contribution is 6.39. The number of rotatable bonds is 5. The van der Waals surface area contributed by atoms with E-state index in [-0.39, 0.29) is 5.69 Å². The van der Waals surface area contributed by atoms with E-state index in [0.717, 1.165) is 28.4 Å². The van der Waals surface area contributed by atoms with Crippen molar-refractivity contribution in [1.82, 2.24) is 9.99 Å². The van der Waals surface area contributed by atoms with E-state index in [1.807, 2.05) is 48.7 Å². The summed E-state index contributed by atoms with van der Waals surface area (Å²) in [6.07, 6.45) is 1.45. The lowest BCUT2D eigenvalue weighted by Crippen LogP contribution is -2.32. The van der Waals surface area contributed by atoms with Crippen molar-refractivity contribution in [3.63, 3.8) is 0 Å². The van der Waals surface area contributed by atoms with Gasteiger partial charge in [-0.2, -0.15) is 5.10 Å². The Labute approximate surface area is 173 Å². The molecule has 0 aliphatic carbocycles. The van der Waals surface area contributed by atoms with Crippen molar-refractivity contribution in [2.24, 2.45) is 5.10 Å². The average Bonchev–Trinajstić information content (AvgIpc) is 3.02. The molecule has 3 aromatic rings. The van der Waals surface area contributed by atoms with E-state index in [1.165, 1.54) is 24.4 Å². The van der Waals surface area contributed by atoms with Gasteiger partial charge in [0.1, 0.15) is 11.6 Å². The lowest BCUT2D eigenvalue weighted by atomic mass is 10.2. The average molecular weight is 408 g/mol. The molecule has 0 unspecified atom stereocenters. The molecule has 0 aliphatic heterocycles. The smallest absolute Gasteiger partial charge is 0.329 e. The summed E-state index contributed by atoms with van der Waals surface area (Å²) in [5, 5.41) is 6.05. The molecule has 0 radical (unpaired) electrons. The molecule has 154 valence electrons. The van der Waals surface area contributed by atoms with Crippen LogP contribution in [0, 0.1) is 19.7 Å². The standard InChI is InChI=1S/C22H21FN4O3/c1-14-12-16(15(2)27(14)17-8-10-18(30-3)11-9-17)13-24-26-22(29)21(28)25-20-7-5-4-6-19(20)23/h4-13H,1-3H3,(H,25,28)(H,26,29)/b24-13-. The number of carbonyl (C=O) groups excluding carboxylic acids is 2. The second-order valence-corrected chi connectivity index (χ2v) is 6.49. The van der Waals surface area contributed by atoms with E-state index in [1.54, 1.807) is 13.2 Å². The SMILES string of the molecule is COc1ccc(-n2c(C)cc(/C=N\NC(=O)C(=O)Nc3ccccc3F)c2C)cc1. The summed E-state index contributed by atoms with van der Waals surface area (Å²) >= 11 is 0. The van der Waals surface area contributed by atoms with Crippen molar-refractivity contribution in [3.05, 3.63) is 77.4 Å². The lowest BCUT2D eigenvalue weighted by Gasteiger charge is -2.10. The number of carbonyl (C=O) groups is 2. The predicted molar refractivity (Wildman–Crippen MR) is 113 cm³/mol. The second kappa shape index (κ2) is 9.04. The quantitative estimate of drug-likeness (QED) is 0.386. The zero-order chi connectivity index (χ0) is 21.7. The third-order valence-corrected chi connectivity index (χ3v) is 4.50. The Bertz CT molecular complexity index is 1100. The predicted octanol–water partition coefficient (Wildman–Crippen LogP) is 3.33. The number of nitrogens with one attached hydrogen (secondary N) is 2. The third kappa shape index (κ3) is 4.54. The lowest BCUT2D eigenvalue weighted by molar-refractivity contribution is -0.136. The van der Waals surface area contributed by atoms with E-state index in [4.69, 9.17) is 4.74 Å². The molecular weight excluding hydrogens is 387 g/mol. The minimum Gasteiger partial charge on any atom is -0.497 e. The number of ether oxygens (including phenoxy) is 1. The van der Waals surface area contributed by atoms with Crippen molar-refractivity contribution in [1.29, 1.82) is 0 Å². The summed E-state index contributed by atoms with van der Waals surface area (Å²) in [5.74, 6) is -1.88. The Hall–Kier alpha value is -3.94. The molecule has 0 bridgehead atoms. The zero-order valence-corrected chi connectivity index (χ0v) is 16.8. The number of aromatic nitrogens is 1. The molecule has 0 aliphatic rings. The maximum atomic E-state index is 13.6. The van der Waals surface area contributed by atoms with Crippen LogP contribution in [0.25, 0.3) is 5.69 Å². The van der Waals surface area contributed by atoms with Crippen LogP contribution >= 0.6 is 0 Å². The molecule has 8 heteroatoms. The number of halogens is 1. The minimum absolute atomic E-state index is 0.0790. The molecule has 2 aromatic carbocycles. The Morgan fingerprint density at radius 2 is 1.77 bits per heavy atom. The highest BCUT2D eigenvalue weighted by Gasteiger charge is 2.15. The van der Waals surface area contributed by atoms with Crippen molar-refractivity contribution in [2.45, 2.75) is 13.8 Å². The summed E-state index contributed by atoms with van der Waals surface area (Å²) in [6.45, 7) is 3.88. The van der Waals surface area contributed by atoms with Crippen LogP contribution in [0.2, 0.25) is 0 Å². The molecule has 0 atom stereocenters. The number of para-hydroxylation sites is 1. The molecule has 30 heavy (non-hydrogen) atoms. The summed E-state index contributed by atoms with van der Waals surface area (Å²) < 4.78 is 20.8. The van der Waals surface area contributed by atoms with Gasteiger partial charge in [-0.15, -0.1) is 0 Å². The van der Waals surface area contributed by atoms with Crippen LogP contribution in [0.4, 0.5) is 10.1 Å². The summed E-state index contributed by atoms with van der Waals surface area (Å²) in [6, 6.07) is 15.1. The Morgan fingerprint density at radius 3 is 2.43 bits per heavy atom. The van der Waals surface area contributed by atoms with Gasteiger partial charge in [-0.3, -0.25) is 9.59 Å². The normalized spacial score (nSPS) is 10.8. The monoisotopic (exact) mass is 408 g/mol. The first-order chi connectivity index (χ1) is 14.4. The van der Waals surface area contributed by atoms with E-state index in [2.05, 4.69) is 15.8 Å². The largest absolute Gasteiger partial charge is 0.497 e. The molecule has 0 saturated heterocycles. The topological polar surface area (TPSA) is 84.7 Å². The van der Waals surface area contributed by atoms with Crippen LogP contribution in [0.5, 0.6) is 5.75 Å². The van der Waals surface area contributed by atoms with Crippen LogP contribution in [-0.4, -0.2) is 29.7 Å². The molecule has 1 heterocycles. The second-order valence-electron chi connectivity index (χ2n) is 6.49. The highest BCUT2D eigenvalue weighted by Crippen LogP contribution is 2.22. The van der Waals surface area contributed by atoms with Gasteiger partial charge < -0.3 is 14.6 Å². The van der Waals surface area contributed by atoms with Gasteiger partial charge >= 0.3 is 11.8 Å². The molecular formula is C22H21FN4O3. The number of nitrogens with zero attached hydrogens (tertiary/aromatic N) is 2. The summed E-state index contributed by atoms with van der Waals surface area (Å²) in [7, 11) is 1.61. The third-order valence-electron chi connectivity index (χ3n) is 4.50. The molecule has 0 fully saturated rings. The maximum Gasteiger partial charge on any atom is 0.329 e. The number of methoxy groups -OCH3 is 1. The number of hydrogen-bond acceptors (Lipinski definition) is 4. The number of anilines is 1. The zero-order valence-electron chi connectivity index (χ0n) is 16.8. The molecule has 0 saturated carbocycles. The minimum atomic E-state index is -1.01. The first-order valence-corrected chi connectivity index (χ1v) is 9.13. The van der Waals surface area contributed by atoms with Gasteiger partial charge in [0, 0.05) is 22.6 Å². The first kappa shape index (κ1) is 20.8. The Balaban J connectivity index is 1.68. The van der Waals surface area contributed by atoms with Gasteiger partial charge in [0.15, 0.2) is 0 Å². The number of aryl methyl sites for hydroxylation is 1. The highest BCUT2D eigenvalue weighted by atomic mass is 19.1. The van der Waals surface area contributed by atoms with Crippen LogP contribution in [0.3, 0.4) is 0 Å². The number of amides is 2. The number of benzene rings is 2. The van der Waals surface area contributed by atoms with Crippen molar-refractivity contribution < 1.29 is 18.7 Å². The summed E-state index contributed by atoms with van der Waals surface area (Å²) in [5.41, 5.74) is 5.69. The fraction of sp³-hybridized carbons (Fsp3) is 0.136. The molecule has 1 aromatic heterocycles. The molecule has 2 amide bonds. The van der Waals surface area contributed by atoms with Gasteiger partial charge in [-0.05, 0) is 56.3 Å². The van der Waals surface area contributed by atoms with Gasteiger partial charge in [-0.25, -0.2) is 9.82 Å². The molecule has 7 nitrogen and oxygen atoms in total. The van der Waals surface area contributed by atoms with E-state index < -0.39 is 17.6 Å². The van der Waals surface area contributed by atoms with Gasteiger partial charge in [-0.1, -0.05) is 12.1 Å². The maximum absolute atomic E-state index is 13.6. The number of hydrazone groups is 1. The van der Waals surface area contributed by atoms with Crippen LogP contribution < -0.4 is 15.5 Å². The van der Waals surface area contributed by atoms with E-state index in [9.17, 15) is 14.0 Å². The van der Waals surface area contributed by atoms with Gasteiger partial charge in [0.2, 0.25) is 0 Å². The first-order valence-electron chi connectivity index (χ1n) is 9.13. The molecule has 0 spiro atoms. The van der Waals surface area contributed by atoms with E-state index >= 15 is 0 Å².